The molecule has 4 rings (SSSR count). The number of amides is 1. The van der Waals surface area contributed by atoms with Crippen molar-refractivity contribution in [3.8, 4) is 5.75 Å². The Labute approximate surface area is 175 Å². The minimum absolute atomic E-state index is 0.0729. The molecular weight excluding hydrogens is 395 g/mol. The number of nitrogens with one attached hydrogen (secondary N) is 2. The summed E-state index contributed by atoms with van der Waals surface area (Å²) < 4.78 is 5.80. The van der Waals surface area contributed by atoms with E-state index in [0.717, 1.165) is 37.4 Å². The number of anilines is 1. The summed E-state index contributed by atoms with van der Waals surface area (Å²) in [7, 11) is 0. The first-order valence-corrected chi connectivity index (χ1v) is 10.6. The molecule has 1 saturated carbocycles. The first-order chi connectivity index (χ1) is 13.6. The Balaban J connectivity index is 1.14. The van der Waals surface area contributed by atoms with Crippen LogP contribution in [-0.2, 0) is 11.2 Å². The molecule has 148 valence electrons. The van der Waals surface area contributed by atoms with Crippen LogP contribution in [0.3, 0.4) is 0 Å². The van der Waals surface area contributed by atoms with Gasteiger partial charge < -0.3 is 15.4 Å². The van der Waals surface area contributed by atoms with Crippen LogP contribution in [0, 0.1) is 5.92 Å². The fourth-order valence-corrected chi connectivity index (χ4v) is 4.30. The van der Waals surface area contributed by atoms with Crippen molar-refractivity contribution < 1.29 is 9.53 Å². The normalized spacial score (nSPS) is 20.4. The highest BCUT2D eigenvalue weighted by molar-refractivity contribution is 6.42. The predicted octanol–water partition coefficient (Wildman–Crippen LogP) is 5.04. The summed E-state index contributed by atoms with van der Waals surface area (Å²) in [6.45, 7) is 2.35. The zero-order valence-electron chi connectivity index (χ0n) is 15.6. The lowest BCUT2D eigenvalue weighted by Crippen LogP contribution is -2.23. The molecular formula is C22H24Cl2N2O2. The Bertz CT molecular complexity index is 872. The molecule has 1 aliphatic heterocycles. The number of aryl methyl sites for hydroxylation is 1. The lowest BCUT2D eigenvalue weighted by molar-refractivity contribution is -0.116. The summed E-state index contributed by atoms with van der Waals surface area (Å²) in [6.07, 6.45) is 3.66. The van der Waals surface area contributed by atoms with Crippen molar-refractivity contribution in [1.82, 2.24) is 5.32 Å². The smallest absolute Gasteiger partial charge is 0.224 e. The van der Waals surface area contributed by atoms with Crippen LogP contribution in [0.25, 0.3) is 0 Å². The second-order valence-corrected chi connectivity index (χ2v) is 8.28. The highest BCUT2D eigenvalue weighted by atomic mass is 35.5. The lowest BCUT2D eigenvalue weighted by atomic mass is 10.0. The van der Waals surface area contributed by atoms with Crippen molar-refractivity contribution in [2.45, 2.75) is 31.6 Å². The molecule has 6 heteroatoms. The Hall–Kier alpha value is -1.75. The van der Waals surface area contributed by atoms with Gasteiger partial charge in [0.1, 0.15) is 12.4 Å². The summed E-state index contributed by atoms with van der Waals surface area (Å²) in [6, 6.07) is 11.8. The molecule has 1 fully saturated rings. The molecule has 28 heavy (non-hydrogen) atoms. The van der Waals surface area contributed by atoms with Gasteiger partial charge >= 0.3 is 0 Å². The molecule has 2 N–H and O–H groups in total. The minimum atomic E-state index is 0.0729. The summed E-state index contributed by atoms with van der Waals surface area (Å²) in [5.74, 6) is 2.08. The van der Waals surface area contributed by atoms with Gasteiger partial charge in [-0.3, -0.25) is 4.79 Å². The van der Waals surface area contributed by atoms with Crippen LogP contribution in [0.15, 0.2) is 36.4 Å². The van der Waals surface area contributed by atoms with Gasteiger partial charge in [0.2, 0.25) is 5.91 Å². The van der Waals surface area contributed by atoms with Gasteiger partial charge in [-0.05, 0) is 60.9 Å². The van der Waals surface area contributed by atoms with E-state index in [-0.39, 0.29) is 5.91 Å². The van der Waals surface area contributed by atoms with E-state index in [0.29, 0.717) is 34.9 Å². The average molecular weight is 419 g/mol. The van der Waals surface area contributed by atoms with E-state index in [2.05, 4.69) is 16.7 Å². The van der Waals surface area contributed by atoms with E-state index in [1.165, 1.54) is 17.5 Å². The average Bonchev–Trinajstić information content (AvgIpc) is 3.45. The molecule has 2 aliphatic rings. The number of carbonyl (C=O) groups is 1. The Morgan fingerprint density at radius 1 is 1.14 bits per heavy atom. The van der Waals surface area contributed by atoms with Crippen molar-refractivity contribution in [2.75, 3.05) is 25.0 Å². The van der Waals surface area contributed by atoms with Gasteiger partial charge in [0.05, 0.1) is 10.0 Å². The molecule has 2 atom stereocenters. The van der Waals surface area contributed by atoms with Gasteiger partial charge in [-0.1, -0.05) is 41.4 Å². The van der Waals surface area contributed by atoms with Gasteiger partial charge in [-0.15, -0.1) is 0 Å². The Kier molecular flexibility index (Phi) is 6.10. The molecule has 0 radical (unpaired) electrons. The van der Waals surface area contributed by atoms with Gasteiger partial charge in [0, 0.05) is 24.7 Å². The zero-order valence-corrected chi connectivity index (χ0v) is 17.2. The van der Waals surface area contributed by atoms with Crippen LogP contribution in [0.2, 0.25) is 10.0 Å². The first-order valence-electron chi connectivity index (χ1n) is 9.82. The van der Waals surface area contributed by atoms with Crippen LogP contribution in [-0.4, -0.2) is 25.6 Å². The molecule has 1 amide bonds. The molecule has 1 heterocycles. The molecule has 0 bridgehead atoms. The van der Waals surface area contributed by atoms with Crippen LogP contribution in [0.5, 0.6) is 5.75 Å². The monoisotopic (exact) mass is 418 g/mol. The highest BCUT2D eigenvalue weighted by Crippen LogP contribution is 2.52. The highest BCUT2D eigenvalue weighted by Gasteiger charge is 2.38. The molecule has 2 aromatic carbocycles. The van der Waals surface area contributed by atoms with Crippen molar-refractivity contribution >= 4 is 34.8 Å². The molecule has 1 aliphatic carbocycles. The van der Waals surface area contributed by atoms with E-state index in [4.69, 9.17) is 27.9 Å². The summed E-state index contributed by atoms with van der Waals surface area (Å²) in [5, 5.41) is 7.69. The maximum atomic E-state index is 11.5. The number of benzene rings is 2. The Morgan fingerprint density at radius 2 is 2.04 bits per heavy atom. The van der Waals surface area contributed by atoms with E-state index < -0.39 is 0 Å². The molecule has 2 unspecified atom stereocenters. The van der Waals surface area contributed by atoms with E-state index in [9.17, 15) is 4.79 Å². The van der Waals surface area contributed by atoms with Gasteiger partial charge in [0.15, 0.2) is 0 Å². The van der Waals surface area contributed by atoms with Crippen molar-refractivity contribution in [1.29, 1.82) is 0 Å². The third-order valence-electron chi connectivity index (χ3n) is 5.52. The van der Waals surface area contributed by atoms with E-state index in [1.54, 1.807) is 0 Å². The van der Waals surface area contributed by atoms with Crippen molar-refractivity contribution in [3.63, 3.8) is 0 Å². The number of fused-ring (bicyclic) bond motifs is 1. The minimum Gasteiger partial charge on any atom is -0.492 e. The maximum absolute atomic E-state index is 11.5. The van der Waals surface area contributed by atoms with Crippen molar-refractivity contribution in [3.05, 3.63) is 57.6 Å². The lowest BCUT2D eigenvalue weighted by Gasteiger charge is -2.17. The van der Waals surface area contributed by atoms with Crippen LogP contribution in [0.4, 0.5) is 5.69 Å². The number of halogens is 2. The number of ether oxygens (including phenoxy) is 1. The quantitative estimate of drug-likeness (QED) is 0.590. The van der Waals surface area contributed by atoms with Crippen LogP contribution < -0.4 is 15.4 Å². The zero-order chi connectivity index (χ0) is 19.5. The molecule has 0 saturated heterocycles. The third kappa shape index (κ3) is 4.62. The first kappa shape index (κ1) is 19.6. The van der Waals surface area contributed by atoms with E-state index in [1.807, 2.05) is 30.3 Å². The summed E-state index contributed by atoms with van der Waals surface area (Å²) >= 11 is 12.4. The molecule has 0 aromatic heterocycles. The fraction of sp³-hybridized carbons (Fsp3) is 0.409. The number of hydrogen-bond donors (Lipinski definition) is 2. The second kappa shape index (κ2) is 8.73. The standard InChI is InChI=1S/C22H24Cl2N2O2/c23-19-3-1-2-17(22(19)24)18-12-15(18)8-9-25-10-11-28-16-6-4-14-5-7-21(27)26-20(14)13-16/h1-4,6,13,15,18,25H,5,7-12H2,(H,26,27). The predicted molar refractivity (Wildman–Crippen MR) is 114 cm³/mol. The van der Waals surface area contributed by atoms with E-state index >= 15 is 0 Å². The van der Waals surface area contributed by atoms with Gasteiger partial charge in [0.25, 0.3) is 0 Å². The molecule has 0 spiro atoms. The van der Waals surface area contributed by atoms with Gasteiger partial charge in [-0.2, -0.15) is 0 Å². The van der Waals surface area contributed by atoms with Crippen molar-refractivity contribution in [2.24, 2.45) is 5.92 Å². The third-order valence-corrected chi connectivity index (χ3v) is 6.35. The van der Waals surface area contributed by atoms with Crippen LogP contribution in [0.1, 0.15) is 36.3 Å². The largest absolute Gasteiger partial charge is 0.492 e. The number of carbonyl (C=O) groups excluding carboxylic acids is 1. The number of rotatable bonds is 8. The second-order valence-electron chi connectivity index (χ2n) is 7.50. The Morgan fingerprint density at radius 3 is 2.93 bits per heavy atom. The molecule has 2 aromatic rings. The summed E-state index contributed by atoms with van der Waals surface area (Å²) in [4.78, 5) is 11.5. The fourth-order valence-electron chi connectivity index (χ4n) is 3.85. The maximum Gasteiger partial charge on any atom is 0.224 e. The van der Waals surface area contributed by atoms with Gasteiger partial charge in [-0.25, -0.2) is 0 Å². The topological polar surface area (TPSA) is 50.4 Å². The summed E-state index contributed by atoms with van der Waals surface area (Å²) in [5.41, 5.74) is 3.23. The molecule has 4 nitrogen and oxygen atoms in total. The number of hydrogen-bond acceptors (Lipinski definition) is 3. The SMILES string of the molecule is O=C1CCc2ccc(OCCNCCC3CC3c3cccc(Cl)c3Cl)cc2N1. The van der Waals surface area contributed by atoms with Crippen LogP contribution >= 0.6 is 23.2 Å².